The number of hydrogen-bond donors (Lipinski definition) is 2. The van der Waals surface area contributed by atoms with Crippen LogP contribution in [0.5, 0.6) is 11.5 Å². The minimum atomic E-state index is -0.198. The number of methoxy groups -OCH3 is 2. The van der Waals surface area contributed by atoms with Crippen molar-refractivity contribution in [2.24, 2.45) is 5.73 Å². The van der Waals surface area contributed by atoms with Crippen LogP contribution in [0, 0.1) is 0 Å². The Labute approximate surface area is 107 Å². The maximum atomic E-state index is 8.73. The maximum Gasteiger partial charge on any atom is 0.161 e. The SMILES string of the molecule is COc1ccc(C(CN)OCCCO)cc1OC. The van der Waals surface area contributed by atoms with Crippen LogP contribution >= 0.6 is 0 Å². The molecule has 0 spiro atoms. The van der Waals surface area contributed by atoms with E-state index in [0.717, 1.165) is 5.56 Å². The molecule has 1 unspecified atom stereocenters. The van der Waals surface area contributed by atoms with E-state index in [1.165, 1.54) is 0 Å². The van der Waals surface area contributed by atoms with Crippen molar-refractivity contribution < 1.29 is 19.3 Å². The predicted molar refractivity (Wildman–Crippen MR) is 69.0 cm³/mol. The Kier molecular flexibility index (Phi) is 6.49. The van der Waals surface area contributed by atoms with Crippen LogP contribution in [0.15, 0.2) is 18.2 Å². The van der Waals surface area contributed by atoms with E-state index in [0.29, 0.717) is 31.1 Å². The van der Waals surface area contributed by atoms with Gasteiger partial charge in [-0.15, -0.1) is 0 Å². The molecule has 1 rings (SSSR count). The van der Waals surface area contributed by atoms with Crippen molar-refractivity contribution in [1.29, 1.82) is 0 Å². The first-order valence-corrected chi connectivity index (χ1v) is 5.91. The van der Waals surface area contributed by atoms with E-state index < -0.39 is 0 Å². The largest absolute Gasteiger partial charge is 0.493 e. The second kappa shape index (κ2) is 7.92. The second-order valence-electron chi connectivity index (χ2n) is 3.79. The summed E-state index contributed by atoms with van der Waals surface area (Å²) in [6, 6.07) is 5.58. The summed E-state index contributed by atoms with van der Waals surface area (Å²) < 4.78 is 16.0. The van der Waals surface area contributed by atoms with Gasteiger partial charge in [0.25, 0.3) is 0 Å². The molecule has 3 N–H and O–H groups in total. The number of ether oxygens (including phenoxy) is 3. The van der Waals surface area contributed by atoms with Gasteiger partial charge in [-0.3, -0.25) is 0 Å². The molecule has 1 aromatic carbocycles. The number of aliphatic hydroxyl groups excluding tert-OH is 1. The quantitative estimate of drug-likeness (QED) is 0.680. The Morgan fingerprint density at radius 3 is 2.50 bits per heavy atom. The highest BCUT2D eigenvalue weighted by Crippen LogP contribution is 2.30. The molecule has 0 radical (unpaired) electrons. The van der Waals surface area contributed by atoms with E-state index in [-0.39, 0.29) is 12.7 Å². The van der Waals surface area contributed by atoms with E-state index in [9.17, 15) is 0 Å². The van der Waals surface area contributed by atoms with Gasteiger partial charge in [0.05, 0.1) is 20.3 Å². The standard InChI is InChI=1S/C13H21NO4/c1-16-11-5-4-10(8-12(11)17-2)13(9-14)18-7-3-6-15/h4-5,8,13,15H,3,6-7,9,14H2,1-2H3. The third-order valence-corrected chi connectivity index (χ3v) is 2.61. The van der Waals surface area contributed by atoms with Gasteiger partial charge in [0, 0.05) is 19.8 Å². The molecular weight excluding hydrogens is 234 g/mol. The Balaban J connectivity index is 2.79. The van der Waals surface area contributed by atoms with Crippen molar-refractivity contribution in [2.45, 2.75) is 12.5 Å². The molecule has 5 heteroatoms. The van der Waals surface area contributed by atoms with E-state index >= 15 is 0 Å². The summed E-state index contributed by atoms with van der Waals surface area (Å²) in [5, 5.41) is 8.73. The summed E-state index contributed by atoms with van der Waals surface area (Å²) in [7, 11) is 3.18. The normalized spacial score (nSPS) is 12.2. The van der Waals surface area contributed by atoms with Gasteiger partial charge in [0.2, 0.25) is 0 Å². The molecule has 0 saturated carbocycles. The van der Waals surface area contributed by atoms with Crippen molar-refractivity contribution in [3.05, 3.63) is 23.8 Å². The van der Waals surface area contributed by atoms with Gasteiger partial charge >= 0.3 is 0 Å². The van der Waals surface area contributed by atoms with Crippen molar-refractivity contribution >= 4 is 0 Å². The van der Waals surface area contributed by atoms with Gasteiger partial charge in [-0.1, -0.05) is 6.07 Å². The van der Waals surface area contributed by atoms with Gasteiger partial charge in [-0.05, 0) is 24.1 Å². The fourth-order valence-corrected chi connectivity index (χ4v) is 1.64. The fourth-order valence-electron chi connectivity index (χ4n) is 1.64. The molecule has 0 bridgehead atoms. The lowest BCUT2D eigenvalue weighted by Crippen LogP contribution is -2.17. The van der Waals surface area contributed by atoms with Gasteiger partial charge in [-0.25, -0.2) is 0 Å². The monoisotopic (exact) mass is 255 g/mol. The summed E-state index contributed by atoms with van der Waals surface area (Å²) in [6.07, 6.45) is 0.403. The molecule has 5 nitrogen and oxygen atoms in total. The van der Waals surface area contributed by atoms with Crippen LogP contribution in [0.3, 0.4) is 0 Å². The highest BCUT2D eigenvalue weighted by molar-refractivity contribution is 5.43. The smallest absolute Gasteiger partial charge is 0.161 e. The second-order valence-corrected chi connectivity index (χ2v) is 3.79. The average Bonchev–Trinajstić information content (AvgIpc) is 2.43. The third kappa shape index (κ3) is 3.87. The molecule has 0 fully saturated rings. The van der Waals surface area contributed by atoms with Gasteiger partial charge in [-0.2, -0.15) is 0 Å². The first kappa shape index (κ1) is 14.8. The molecule has 1 atom stereocenters. The van der Waals surface area contributed by atoms with E-state index in [1.807, 2.05) is 18.2 Å². The molecule has 0 aliphatic carbocycles. The molecule has 0 aromatic heterocycles. The molecule has 0 amide bonds. The maximum absolute atomic E-state index is 8.73. The fraction of sp³-hybridized carbons (Fsp3) is 0.538. The van der Waals surface area contributed by atoms with Crippen molar-refractivity contribution in [1.82, 2.24) is 0 Å². The topological polar surface area (TPSA) is 73.9 Å². The highest BCUT2D eigenvalue weighted by Gasteiger charge is 2.13. The van der Waals surface area contributed by atoms with Crippen molar-refractivity contribution in [2.75, 3.05) is 34.0 Å². The summed E-state index contributed by atoms with van der Waals surface area (Å²) in [5.74, 6) is 1.33. The first-order valence-electron chi connectivity index (χ1n) is 5.91. The number of benzene rings is 1. The third-order valence-electron chi connectivity index (χ3n) is 2.61. The van der Waals surface area contributed by atoms with Crippen LogP contribution < -0.4 is 15.2 Å². The van der Waals surface area contributed by atoms with Crippen molar-refractivity contribution in [3.8, 4) is 11.5 Å². The van der Waals surface area contributed by atoms with Crippen LogP contribution in [0.2, 0.25) is 0 Å². The van der Waals surface area contributed by atoms with E-state index in [4.69, 9.17) is 25.1 Å². The van der Waals surface area contributed by atoms with Crippen LogP contribution in [-0.2, 0) is 4.74 Å². The van der Waals surface area contributed by atoms with Gasteiger partial charge in [0.15, 0.2) is 11.5 Å². The van der Waals surface area contributed by atoms with Gasteiger partial charge < -0.3 is 25.1 Å². The summed E-state index contributed by atoms with van der Waals surface area (Å²) in [4.78, 5) is 0. The number of hydrogen-bond acceptors (Lipinski definition) is 5. The Morgan fingerprint density at radius 1 is 1.22 bits per heavy atom. The molecule has 18 heavy (non-hydrogen) atoms. The van der Waals surface area contributed by atoms with E-state index in [2.05, 4.69) is 0 Å². The summed E-state index contributed by atoms with van der Waals surface area (Å²) in [5.41, 5.74) is 6.63. The number of nitrogens with two attached hydrogens (primary N) is 1. The molecule has 102 valence electrons. The van der Waals surface area contributed by atoms with E-state index in [1.54, 1.807) is 14.2 Å². The minimum absolute atomic E-state index is 0.114. The molecule has 0 saturated heterocycles. The lowest BCUT2D eigenvalue weighted by Gasteiger charge is -2.18. The Bertz CT molecular complexity index is 357. The molecule has 1 aromatic rings. The molecular formula is C13H21NO4. The van der Waals surface area contributed by atoms with Crippen LogP contribution in [0.4, 0.5) is 0 Å². The van der Waals surface area contributed by atoms with Crippen molar-refractivity contribution in [3.63, 3.8) is 0 Å². The number of aliphatic hydroxyl groups is 1. The zero-order valence-corrected chi connectivity index (χ0v) is 10.9. The Morgan fingerprint density at radius 2 is 1.94 bits per heavy atom. The number of rotatable bonds is 8. The van der Waals surface area contributed by atoms with Gasteiger partial charge in [0.1, 0.15) is 0 Å². The lowest BCUT2D eigenvalue weighted by molar-refractivity contribution is 0.0487. The average molecular weight is 255 g/mol. The minimum Gasteiger partial charge on any atom is -0.493 e. The predicted octanol–water partition coefficient (Wildman–Crippen LogP) is 1.10. The lowest BCUT2D eigenvalue weighted by atomic mass is 10.1. The molecule has 0 heterocycles. The van der Waals surface area contributed by atoms with Crippen LogP contribution in [0.25, 0.3) is 0 Å². The van der Waals surface area contributed by atoms with Crippen LogP contribution in [0.1, 0.15) is 18.1 Å². The highest BCUT2D eigenvalue weighted by atomic mass is 16.5. The summed E-state index contributed by atoms with van der Waals surface area (Å²) >= 11 is 0. The van der Waals surface area contributed by atoms with Crippen LogP contribution in [-0.4, -0.2) is 39.1 Å². The zero-order chi connectivity index (χ0) is 13.4. The molecule has 0 aliphatic rings. The zero-order valence-electron chi connectivity index (χ0n) is 10.9. The Hall–Kier alpha value is -1.30. The summed E-state index contributed by atoms with van der Waals surface area (Å²) in [6.45, 7) is 0.969. The molecule has 0 aliphatic heterocycles. The first-order chi connectivity index (χ1) is 8.76.